The minimum atomic E-state index is -0.459. The molecule has 1 aliphatic heterocycles. The molecule has 0 aliphatic carbocycles. The normalized spacial score (nSPS) is 15.7. The van der Waals surface area contributed by atoms with E-state index in [4.69, 9.17) is 0 Å². The fourth-order valence-corrected chi connectivity index (χ4v) is 4.45. The Hall–Kier alpha value is -3.74. The van der Waals surface area contributed by atoms with Gasteiger partial charge in [-0.1, -0.05) is 12.1 Å². The largest absolute Gasteiger partial charge is 0.341 e. The third-order valence-corrected chi connectivity index (χ3v) is 5.66. The Labute approximate surface area is 179 Å². The Morgan fingerprint density at radius 1 is 1.19 bits per heavy atom. The maximum absolute atomic E-state index is 14.1. The average molecular weight is 415 g/mol. The number of nitrogens with zero attached hydrogens (tertiary/aromatic N) is 3. The number of amides is 2. The van der Waals surface area contributed by atoms with Crippen molar-refractivity contribution < 1.29 is 9.18 Å². The highest BCUT2D eigenvalue weighted by molar-refractivity contribution is 5.90. The zero-order valence-electron chi connectivity index (χ0n) is 17.3. The van der Waals surface area contributed by atoms with Crippen LogP contribution in [0.1, 0.15) is 34.1 Å². The van der Waals surface area contributed by atoms with Crippen molar-refractivity contribution in [3.8, 4) is 0 Å². The molecule has 0 spiro atoms. The molecular formula is C24H22FN5O. The maximum atomic E-state index is 14.1. The van der Waals surface area contributed by atoms with Crippen LogP contribution in [0.25, 0.3) is 11.0 Å². The van der Waals surface area contributed by atoms with Gasteiger partial charge in [-0.25, -0.2) is 19.2 Å². The van der Waals surface area contributed by atoms with Gasteiger partial charge in [0.1, 0.15) is 17.3 Å². The van der Waals surface area contributed by atoms with Gasteiger partial charge in [0.25, 0.3) is 0 Å². The first-order valence-corrected chi connectivity index (χ1v) is 10.2. The summed E-state index contributed by atoms with van der Waals surface area (Å²) in [5.41, 5.74) is 5.31. The quantitative estimate of drug-likeness (QED) is 0.489. The van der Waals surface area contributed by atoms with E-state index in [1.807, 2.05) is 44.2 Å². The topological polar surface area (TPSA) is 73.9 Å². The molecule has 0 fully saturated rings. The van der Waals surface area contributed by atoms with E-state index in [1.54, 1.807) is 17.2 Å². The molecule has 0 saturated carbocycles. The molecule has 1 aromatic carbocycles. The standard InChI is InChI=1S/C24H22FN5O/c1-14-11-15(2)27-20(12-14)28-24(31)30-10-8-18-19-7-4-9-26-23(19)29-21(18)22(30)16-5-3-6-17(25)13-16/h3-7,9,11-13,22H,8,10H2,1-2H3,(H,26,29)(H,27,28,31). The molecule has 0 saturated heterocycles. The summed E-state index contributed by atoms with van der Waals surface area (Å²) < 4.78 is 14.1. The van der Waals surface area contributed by atoms with Crippen LogP contribution in [-0.2, 0) is 6.42 Å². The minimum Gasteiger partial charge on any atom is -0.341 e. The number of halogens is 1. The van der Waals surface area contributed by atoms with Crippen LogP contribution in [0.15, 0.2) is 54.7 Å². The molecule has 0 radical (unpaired) electrons. The van der Waals surface area contributed by atoms with E-state index in [1.165, 1.54) is 12.1 Å². The van der Waals surface area contributed by atoms with Gasteiger partial charge in [0.05, 0.1) is 6.04 Å². The monoisotopic (exact) mass is 415 g/mol. The molecule has 1 aliphatic rings. The van der Waals surface area contributed by atoms with Gasteiger partial charge in [-0.2, -0.15) is 0 Å². The van der Waals surface area contributed by atoms with E-state index in [9.17, 15) is 9.18 Å². The molecule has 5 rings (SSSR count). The van der Waals surface area contributed by atoms with Crippen LogP contribution in [-0.4, -0.2) is 32.4 Å². The fourth-order valence-electron chi connectivity index (χ4n) is 4.45. The first-order chi connectivity index (χ1) is 15.0. The van der Waals surface area contributed by atoms with E-state index >= 15 is 0 Å². The molecule has 6 nitrogen and oxygen atoms in total. The molecule has 31 heavy (non-hydrogen) atoms. The molecule has 0 bridgehead atoms. The molecule has 4 aromatic rings. The summed E-state index contributed by atoms with van der Waals surface area (Å²) in [7, 11) is 0. The number of nitrogens with one attached hydrogen (secondary N) is 2. The number of rotatable bonds is 2. The van der Waals surface area contributed by atoms with Gasteiger partial charge in [0, 0.05) is 29.5 Å². The third kappa shape index (κ3) is 3.52. The van der Waals surface area contributed by atoms with E-state index in [0.717, 1.165) is 33.5 Å². The number of carbonyl (C=O) groups is 1. The Morgan fingerprint density at radius 3 is 2.87 bits per heavy atom. The van der Waals surface area contributed by atoms with Crippen molar-refractivity contribution in [1.82, 2.24) is 19.9 Å². The number of hydrogen-bond donors (Lipinski definition) is 2. The second-order valence-corrected chi connectivity index (χ2v) is 7.92. The molecule has 2 N–H and O–H groups in total. The molecule has 156 valence electrons. The number of benzene rings is 1. The number of anilines is 1. The zero-order chi connectivity index (χ0) is 21.5. The van der Waals surface area contributed by atoms with Crippen LogP contribution < -0.4 is 5.32 Å². The molecule has 3 aromatic heterocycles. The molecular weight excluding hydrogens is 393 g/mol. The van der Waals surface area contributed by atoms with E-state index in [0.29, 0.717) is 24.3 Å². The number of aromatic nitrogens is 3. The van der Waals surface area contributed by atoms with Crippen molar-refractivity contribution >= 4 is 22.9 Å². The third-order valence-electron chi connectivity index (χ3n) is 5.66. The fraction of sp³-hybridized carbons (Fsp3) is 0.208. The minimum absolute atomic E-state index is 0.274. The highest BCUT2D eigenvalue weighted by Gasteiger charge is 2.35. The molecule has 4 heterocycles. The second-order valence-electron chi connectivity index (χ2n) is 7.92. The predicted molar refractivity (Wildman–Crippen MR) is 117 cm³/mol. The van der Waals surface area contributed by atoms with Gasteiger partial charge in [-0.3, -0.25) is 5.32 Å². The number of H-pyrrole nitrogens is 1. The average Bonchev–Trinajstić information content (AvgIpc) is 3.11. The molecule has 7 heteroatoms. The number of aromatic amines is 1. The maximum Gasteiger partial charge on any atom is 0.323 e. The lowest BCUT2D eigenvalue weighted by Gasteiger charge is -2.36. The summed E-state index contributed by atoms with van der Waals surface area (Å²) in [6, 6.07) is 13.4. The summed E-state index contributed by atoms with van der Waals surface area (Å²) in [5.74, 6) is 0.166. The number of urea groups is 1. The molecule has 2 amide bonds. The highest BCUT2D eigenvalue weighted by atomic mass is 19.1. The van der Waals surface area contributed by atoms with Crippen LogP contribution in [0, 0.1) is 19.7 Å². The van der Waals surface area contributed by atoms with Crippen molar-refractivity contribution in [2.75, 3.05) is 11.9 Å². The lowest BCUT2D eigenvalue weighted by Crippen LogP contribution is -2.43. The van der Waals surface area contributed by atoms with E-state index in [-0.39, 0.29) is 11.8 Å². The van der Waals surface area contributed by atoms with Crippen molar-refractivity contribution in [3.63, 3.8) is 0 Å². The second kappa shape index (κ2) is 7.50. The smallest absolute Gasteiger partial charge is 0.323 e. The van der Waals surface area contributed by atoms with Crippen molar-refractivity contribution in [2.45, 2.75) is 26.3 Å². The van der Waals surface area contributed by atoms with Crippen LogP contribution in [0.5, 0.6) is 0 Å². The number of fused-ring (bicyclic) bond motifs is 3. The van der Waals surface area contributed by atoms with Crippen molar-refractivity contribution in [3.05, 3.63) is 88.6 Å². The van der Waals surface area contributed by atoms with Gasteiger partial charge >= 0.3 is 6.03 Å². The number of aryl methyl sites for hydroxylation is 2. The van der Waals surface area contributed by atoms with Gasteiger partial charge in [-0.15, -0.1) is 0 Å². The van der Waals surface area contributed by atoms with Gasteiger partial charge in [0.15, 0.2) is 0 Å². The molecule has 1 atom stereocenters. The van der Waals surface area contributed by atoms with Gasteiger partial charge in [0.2, 0.25) is 0 Å². The van der Waals surface area contributed by atoms with Crippen molar-refractivity contribution in [2.24, 2.45) is 0 Å². The summed E-state index contributed by atoms with van der Waals surface area (Å²) in [5, 5.41) is 3.96. The molecule has 1 unspecified atom stereocenters. The first kappa shape index (κ1) is 19.2. The van der Waals surface area contributed by atoms with Gasteiger partial charge < -0.3 is 9.88 Å². The summed E-state index contributed by atoms with van der Waals surface area (Å²) in [6.45, 7) is 4.35. The van der Waals surface area contributed by atoms with E-state index < -0.39 is 6.04 Å². The lowest BCUT2D eigenvalue weighted by atomic mass is 9.93. The Bertz CT molecular complexity index is 1280. The highest BCUT2D eigenvalue weighted by Crippen LogP contribution is 2.38. The predicted octanol–water partition coefficient (Wildman–Crippen LogP) is 4.89. The Kier molecular flexibility index (Phi) is 4.66. The SMILES string of the molecule is Cc1cc(C)nc(NC(=O)N2CCc3c([nH]c4ncccc34)C2c2cccc(F)c2)c1. The van der Waals surface area contributed by atoms with E-state index in [2.05, 4.69) is 20.3 Å². The summed E-state index contributed by atoms with van der Waals surface area (Å²) in [6.07, 6.45) is 2.41. The van der Waals surface area contributed by atoms with Crippen LogP contribution >= 0.6 is 0 Å². The number of hydrogen-bond acceptors (Lipinski definition) is 3. The lowest BCUT2D eigenvalue weighted by molar-refractivity contribution is 0.193. The first-order valence-electron chi connectivity index (χ1n) is 10.2. The van der Waals surface area contributed by atoms with Crippen LogP contribution in [0.4, 0.5) is 15.0 Å². The number of pyridine rings is 2. The van der Waals surface area contributed by atoms with Gasteiger partial charge in [-0.05, 0) is 73.4 Å². The Balaban J connectivity index is 1.58. The van der Waals surface area contributed by atoms with Crippen molar-refractivity contribution in [1.29, 1.82) is 0 Å². The number of carbonyl (C=O) groups excluding carboxylic acids is 1. The van der Waals surface area contributed by atoms with Crippen LogP contribution in [0.2, 0.25) is 0 Å². The summed E-state index contributed by atoms with van der Waals surface area (Å²) in [4.78, 5) is 27.3. The van der Waals surface area contributed by atoms with Crippen LogP contribution in [0.3, 0.4) is 0 Å². The summed E-state index contributed by atoms with van der Waals surface area (Å²) >= 11 is 0. The Morgan fingerprint density at radius 2 is 2.06 bits per heavy atom. The zero-order valence-corrected chi connectivity index (χ0v) is 17.3.